The van der Waals surface area contributed by atoms with E-state index in [1.807, 2.05) is 12.3 Å². The van der Waals surface area contributed by atoms with Gasteiger partial charge in [-0.25, -0.2) is 9.98 Å². The first kappa shape index (κ1) is 14.6. The number of aromatic nitrogens is 1. The highest BCUT2D eigenvalue weighted by molar-refractivity contribution is 7.84. The third kappa shape index (κ3) is 2.29. The zero-order chi connectivity index (χ0) is 15.0. The van der Waals surface area contributed by atoms with Gasteiger partial charge in [-0.15, -0.1) is 24.0 Å². The molecule has 1 spiro atoms. The molecule has 1 aliphatic carbocycles. The van der Waals surface area contributed by atoms with Crippen LogP contribution in [0.2, 0.25) is 0 Å². The van der Waals surface area contributed by atoms with Crippen molar-refractivity contribution in [1.29, 1.82) is 5.26 Å². The Kier molecular flexibility index (Phi) is 3.80. The molecule has 2 heterocycles. The summed E-state index contributed by atoms with van der Waals surface area (Å²) in [4.78, 5) is 7.74. The molecule has 1 aliphatic heterocycles. The lowest BCUT2D eigenvalue weighted by Gasteiger charge is -2.42. The number of rotatable bonds is 1. The van der Waals surface area contributed by atoms with E-state index in [0.717, 1.165) is 42.0 Å². The van der Waals surface area contributed by atoms with Crippen LogP contribution >= 0.6 is 24.0 Å². The highest BCUT2D eigenvalue weighted by atomic mass is 32.1. The summed E-state index contributed by atoms with van der Waals surface area (Å²) in [5, 5.41) is 13.3. The molecule has 0 bridgehead atoms. The van der Waals surface area contributed by atoms with Crippen LogP contribution in [0.25, 0.3) is 0 Å². The van der Waals surface area contributed by atoms with Gasteiger partial charge in [0.25, 0.3) is 5.84 Å². The Balaban J connectivity index is 2.17. The monoisotopic (exact) mass is 319 g/mol. The van der Waals surface area contributed by atoms with E-state index >= 15 is 0 Å². The first-order chi connectivity index (χ1) is 10.1. The quantitative estimate of drug-likeness (QED) is 0.688. The molecule has 21 heavy (non-hydrogen) atoms. The average molecular weight is 319 g/mol. The molecule has 0 saturated heterocycles. The molecular weight excluding hydrogens is 300 g/mol. The summed E-state index contributed by atoms with van der Waals surface area (Å²) in [6, 6.07) is 2.39. The minimum Gasteiger partial charge on any atom is -0.290 e. The molecule has 110 valence electrons. The number of nitrogens with zero attached hydrogens (tertiary/aromatic N) is 2. The number of thiol groups is 1. The summed E-state index contributed by atoms with van der Waals surface area (Å²) >= 11 is 6.10. The molecular formula is C15H19N4S2+. The van der Waals surface area contributed by atoms with Crippen LogP contribution in [0, 0.1) is 23.7 Å². The largest absolute Gasteiger partial charge is 0.290 e. The minimum atomic E-state index is -0.232. The molecule has 6 heteroatoms. The summed E-state index contributed by atoms with van der Waals surface area (Å²) in [5.41, 5.74) is 7.84. The number of amidine groups is 1. The molecule has 2 aliphatic rings. The number of aryl methyl sites for hydroxylation is 1. The Morgan fingerprint density at radius 3 is 2.76 bits per heavy atom. The van der Waals surface area contributed by atoms with Crippen LogP contribution in [0.5, 0.6) is 0 Å². The van der Waals surface area contributed by atoms with Crippen LogP contribution < -0.4 is 10.7 Å². The van der Waals surface area contributed by atoms with E-state index in [4.69, 9.17) is 5.73 Å². The van der Waals surface area contributed by atoms with Crippen LogP contribution in [0.1, 0.15) is 48.7 Å². The van der Waals surface area contributed by atoms with E-state index in [1.165, 1.54) is 6.42 Å². The van der Waals surface area contributed by atoms with Gasteiger partial charge >= 0.3 is 0 Å². The van der Waals surface area contributed by atoms with Crippen molar-refractivity contribution in [2.24, 2.45) is 11.1 Å². The van der Waals surface area contributed by atoms with Crippen LogP contribution in [-0.4, -0.2) is 10.8 Å². The molecule has 1 fully saturated rings. The smallest absolute Gasteiger partial charge is 0.257 e. The Hall–Kier alpha value is -1.32. The van der Waals surface area contributed by atoms with Crippen molar-refractivity contribution in [2.45, 2.75) is 44.9 Å². The third-order valence-corrected chi connectivity index (χ3v) is 5.97. The SMILES string of the molecule is Cc1csc([C@@H]2C(N)=[NH+]C(S)=C(C#N)C23CCCCC3)n1. The second-order valence-electron chi connectivity index (χ2n) is 5.89. The first-order valence-electron chi connectivity index (χ1n) is 7.23. The molecule has 0 amide bonds. The van der Waals surface area contributed by atoms with Crippen molar-refractivity contribution in [1.82, 2.24) is 4.98 Å². The van der Waals surface area contributed by atoms with Gasteiger partial charge in [0.15, 0.2) is 5.03 Å². The molecule has 0 aromatic carbocycles. The molecule has 0 radical (unpaired) electrons. The van der Waals surface area contributed by atoms with Crippen molar-refractivity contribution in [3.05, 3.63) is 26.7 Å². The van der Waals surface area contributed by atoms with Crippen LogP contribution in [0.3, 0.4) is 0 Å². The van der Waals surface area contributed by atoms with Crippen molar-refractivity contribution in [3.8, 4) is 6.07 Å². The summed E-state index contributed by atoms with van der Waals surface area (Å²) in [7, 11) is 0. The Labute approximate surface area is 134 Å². The number of nitriles is 1. The van der Waals surface area contributed by atoms with E-state index in [2.05, 4.69) is 28.7 Å². The normalized spacial score (nSPS) is 24.8. The van der Waals surface area contributed by atoms with Gasteiger partial charge in [-0.1, -0.05) is 19.3 Å². The maximum absolute atomic E-state index is 9.67. The summed E-state index contributed by atoms with van der Waals surface area (Å²) in [5.74, 6) is 0.650. The number of hydrogen-bond acceptors (Lipinski definition) is 5. The Bertz CT molecular complexity index is 659. The lowest BCUT2D eigenvalue weighted by Crippen LogP contribution is -2.77. The number of hydrogen-bond donors (Lipinski definition) is 3. The number of nitrogens with two attached hydrogens (primary N) is 1. The molecule has 1 atom stereocenters. The van der Waals surface area contributed by atoms with Crippen LogP contribution in [0.15, 0.2) is 16.0 Å². The molecule has 1 saturated carbocycles. The zero-order valence-corrected chi connectivity index (χ0v) is 13.7. The number of allylic oxidation sites excluding steroid dienone is 1. The number of nitrogens with one attached hydrogen (secondary N) is 1. The van der Waals surface area contributed by atoms with E-state index in [-0.39, 0.29) is 11.3 Å². The zero-order valence-electron chi connectivity index (χ0n) is 12.0. The van der Waals surface area contributed by atoms with Gasteiger partial charge in [0.2, 0.25) is 0 Å². The molecule has 3 rings (SSSR count). The van der Waals surface area contributed by atoms with Gasteiger partial charge in [-0.2, -0.15) is 5.26 Å². The van der Waals surface area contributed by atoms with Gasteiger partial charge in [-0.05, 0) is 19.8 Å². The van der Waals surface area contributed by atoms with Crippen molar-refractivity contribution >= 4 is 29.8 Å². The highest BCUT2D eigenvalue weighted by Crippen LogP contribution is 2.53. The predicted molar refractivity (Wildman–Crippen MR) is 86.9 cm³/mol. The molecule has 3 N–H and O–H groups in total. The molecule has 1 aromatic rings. The lowest BCUT2D eigenvalue weighted by molar-refractivity contribution is -0.391. The fraction of sp³-hybridized carbons (Fsp3) is 0.533. The maximum atomic E-state index is 9.67. The van der Waals surface area contributed by atoms with E-state index in [9.17, 15) is 5.26 Å². The third-order valence-electron chi connectivity index (χ3n) is 4.60. The lowest BCUT2D eigenvalue weighted by atomic mass is 9.61. The van der Waals surface area contributed by atoms with Gasteiger partial charge in [-0.3, -0.25) is 5.73 Å². The van der Waals surface area contributed by atoms with Crippen LogP contribution in [-0.2, 0) is 0 Å². The van der Waals surface area contributed by atoms with Crippen molar-refractivity contribution in [3.63, 3.8) is 0 Å². The van der Waals surface area contributed by atoms with Gasteiger partial charge in [0.1, 0.15) is 17.0 Å². The Morgan fingerprint density at radius 1 is 1.48 bits per heavy atom. The molecule has 4 nitrogen and oxygen atoms in total. The summed E-state index contributed by atoms with van der Waals surface area (Å²) < 4.78 is 0. The topological polar surface area (TPSA) is 76.7 Å². The highest BCUT2D eigenvalue weighted by Gasteiger charge is 2.52. The van der Waals surface area contributed by atoms with E-state index < -0.39 is 0 Å². The Morgan fingerprint density at radius 2 is 2.19 bits per heavy atom. The second-order valence-corrected chi connectivity index (χ2v) is 7.23. The summed E-state index contributed by atoms with van der Waals surface area (Å²) in [6.45, 7) is 1.99. The number of thiazole rings is 1. The molecule has 0 unspecified atom stereocenters. The standard InChI is InChI=1S/C15H18N4S2/c1-9-8-21-14(18-9)11-12(17)19-13(20)10(7-16)15(11)5-3-2-4-6-15/h8,11,20H,2-6H2,1H3,(H2,17,19)/p+1/t11-/m0/s1. The van der Waals surface area contributed by atoms with Crippen molar-refractivity contribution < 1.29 is 4.99 Å². The fourth-order valence-electron chi connectivity index (χ4n) is 3.71. The molecule has 1 aromatic heterocycles. The predicted octanol–water partition coefficient (Wildman–Crippen LogP) is 1.60. The van der Waals surface area contributed by atoms with Crippen molar-refractivity contribution in [2.75, 3.05) is 0 Å². The average Bonchev–Trinajstić information content (AvgIpc) is 2.86. The van der Waals surface area contributed by atoms with Gasteiger partial charge in [0, 0.05) is 16.5 Å². The maximum Gasteiger partial charge on any atom is 0.257 e. The fourth-order valence-corrected chi connectivity index (χ4v) is 5.14. The van der Waals surface area contributed by atoms with Gasteiger partial charge < -0.3 is 0 Å². The first-order valence-corrected chi connectivity index (χ1v) is 8.56. The summed E-state index contributed by atoms with van der Waals surface area (Å²) in [6.07, 6.45) is 5.43. The van der Waals surface area contributed by atoms with E-state index in [1.54, 1.807) is 11.3 Å². The minimum absolute atomic E-state index is 0.0259. The van der Waals surface area contributed by atoms with E-state index in [0.29, 0.717) is 10.9 Å². The van der Waals surface area contributed by atoms with Crippen LogP contribution in [0.4, 0.5) is 0 Å². The van der Waals surface area contributed by atoms with Gasteiger partial charge in [0.05, 0.1) is 5.57 Å². The second kappa shape index (κ2) is 5.47.